The Labute approximate surface area is 93.1 Å². The molecule has 76 valence electrons. The van der Waals surface area contributed by atoms with Crippen molar-refractivity contribution in [1.29, 1.82) is 0 Å². The predicted molar refractivity (Wildman–Crippen MR) is 60.1 cm³/mol. The van der Waals surface area contributed by atoms with Gasteiger partial charge in [0.25, 0.3) is 0 Å². The van der Waals surface area contributed by atoms with E-state index in [-0.39, 0.29) is 0 Å². The lowest BCUT2D eigenvalue weighted by Gasteiger charge is -2.26. The monoisotopic (exact) mass is 228 g/mol. The first-order valence-corrected chi connectivity index (χ1v) is 6.13. The molecule has 14 heavy (non-hydrogen) atoms. The number of thiophene rings is 1. The highest BCUT2D eigenvalue weighted by atomic mass is 35.5. The molecule has 0 aromatic carbocycles. The van der Waals surface area contributed by atoms with Crippen LogP contribution >= 0.6 is 22.9 Å². The van der Waals surface area contributed by atoms with Gasteiger partial charge in [0.2, 0.25) is 0 Å². The van der Waals surface area contributed by atoms with Gasteiger partial charge in [0.15, 0.2) is 0 Å². The highest BCUT2D eigenvalue weighted by Crippen LogP contribution is 2.39. The van der Waals surface area contributed by atoms with Crippen molar-refractivity contribution in [2.45, 2.75) is 32.1 Å². The smallest absolute Gasteiger partial charge is 0.133 e. The van der Waals surface area contributed by atoms with Gasteiger partial charge in [-0.1, -0.05) is 18.5 Å². The molecule has 0 spiro atoms. The van der Waals surface area contributed by atoms with Crippen LogP contribution < -0.4 is 0 Å². The second-order valence-corrected chi connectivity index (χ2v) is 5.75. The molecule has 1 aliphatic carbocycles. The molecule has 2 unspecified atom stereocenters. The average Bonchev–Trinajstić information content (AvgIpc) is 2.56. The first-order chi connectivity index (χ1) is 6.66. The third-order valence-electron chi connectivity index (χ3n) is 2.97. The molecule has 1 saturated carbocycles. The normalized spacial score (nSPS) is 28.0. The summed E-state index contributed by atoms with van der Waals surface area (Å²) in [5.74, 6) is 1.42. The number of Topliss-reactive ketones (excluding diaryl/α,β-unsaturated/α-hetero) is 1. The Kier molecular flexibility index (Phi) is 2.93. The van der Waals surface area contributed by atoms with Gasteiger partial charge < -0.3 is 0 Å². The molecule has 0 N–H and O–H groups in total. The molecule has 1 aromatic heterocycles. The van der Waals surface area contributed by atoms with E-state index in [0.29, 0.717) is 24.0 Å². The van der Waals surface area contributed by atoms with Gasteiger partial charge in [-0.05, 0) is 24.5 Å². The van der Waals surface area contributed by atoms with Gasteiger partial charge in [-0.3, -0.25) is 4.79 Å². The molecule has 2 rings (SSSR count). The molecule has 0 aliphatic heterocycles. The summed E-state index contributed by atoms with van der Waals surface area (Å²) >= 11 is 7.51. The molecule has 1 heterocycles. The summed E-state index contributed by atoms with van der Waals surface area (Å²) in [6.45, 7) is 2.23. The molecule has 1 aliphatic rings. The van der Waals surface area contributed by atoms with Crippen molar-refractivity contribution >= 4 is 28.7 Å². The van der Waals surface area contributed by atoms with Gasteiger partial charge in [-0.25, -0.2) is 0 Å². The number of hydrogen-bond donors (Lipinski definition) is 0. The summed E-state index contributed by atoms with van der Waals surface area (Å²) < 4.78 is 0.824. The lowest BCUT2D eigenvalue weighted by atomic mass is 9.79. The van der Waals surface area contributed by atoms with Crippen molar-refractivity contribution in [2.75, 3.05) is 0 Å². The Hall–Kier alpha value is -0.340. The van der Waals surface area contributed by atoms with Crippen LogP contribution in [0, 0.1) is 5.92 Å². The molecule has 0 bridgehead atoms. The fourth-order valence-electron chi connectivity index (χ4n) is 2.05. The zero-order valence-corrected chi connectivity index (χ0v) is 9.70. The van der Waals surface area contributed by atoms with E-state index in [4.69, 9.17) is 11.6 Å². The molecule has 0 amide bonds. The van der Waals surface area contributed by atoms with Crippen LogP contribution in [0.4, 0.5) is 0 Å². The molecule has 3 heteroatoms. The van der Waals surface area contributed by atoms with E-state index in [9.17, 15) is 4.79 Å². The van der Waals surface area contributed by atoms with Crippen LogP contribution in [0.15, 0.2) is 12.1 Å². The van der Waals surface area contributed by atoms with Crippen LogP contribution in [0.1, 0.15) is 37.0 Å². The van der Waals surface area contributed by atoms with E-state index >= 15 is 0 Å². The lowest BCUT2D eigenvalue weighted by Crippen LogP contribution is -2.20. The summed E-state index contributed by atoms with van der Waals surface area (Å²) in [6, 6.07) is 3.99. The van der Waals surface area contributed by atoms with Crippen molar-refractivity contribution in [3.63, 3.8) is 0 Å². The zero-order valence-electron chi connectivity index (χ0n) is 8.13. The number of carbonyl (C=O) groups excluding carboxylic acids is 1. The fourth-order valence-corrected chi connectivity index (χ4v) is 3.34. The second kappa shape index (κ2) is 4.03. The minimum absolute atomic E-state index is 0.401. The first-order valence-electron chi connectivity index (χ1n) is 4.94. The summed E-state index contributed by atoms with van der Waals surface area (Å²) in [7, 11) is 0. The van der Waals surface area contributed by atoms with Gasteiger partial charge in [-0.15, -0.1) is 11.3 Å². The van der Waals surface area contributed by atoms with Gasteiger partial charge >= 0.3 is 0 Å². The van der Waals surface area contributed by atoms with Gasteiger partial charge in [0.1, 0.15) is 5.78 Å². The van der Waals surface area contributed by atoms with Crippen LogP contribution in [-0.4, -0.2) is 5.78 Å². The first kappa shape index (κ1) is 10.2. The average molecular weight is 229 g/mol. The van der Waals surface area contributed by atoms with Crippen LogP contribution in [0.5, 0.6) is 0 Å². The van der Waals surface area contributed by atoms with Gasteiger partial charge in [0.05, 0.1) is 4.34 Å². The van der Waals surface area contributed by atoms with E-state index < -0.39 is 0 Å². The third-order valence-corrected chi connectivity index (χ3v) is 4.34. The summed E-state index contributed by atoms with van der Waals surface area (Å²) in [6.07, 6.45) is 2.49. The minimum atomic E-state index is 0.401. The van der Waals surface area contributed by atoms with E-state index in [1.807, 2.05) is 6.07 Å². The summed E-state index contributed by atoms with van der Waals surface area (Å²) in [4.78, 5) is 12.6. The van der Waals surface area contributed by atoms with Crippen LogP contribution in [0.25, 0.3) is 0 Å². The molecule has 2 atom stereocenters. The maximum absolute atomic E-state index is 11.4. The quantitative estimate of drug-likeness (QED) is 0.713. The number of halogens is 1. The third kappa shape index (κ3) is 2.01. The number of ketones is 1. The zero-order chi connectivity index (χ0) is 10.1. The highest BCUT2D eigenvalue weighted by Gasteiger charge is 2.28. The Bertz CT molecular complexity index is 345. The van der Waals surface area contributed by atoms with E-state index in [2.05, 4.69) is 13.0 Å². The largest absolute Gasteiger partial charge is 0.300 e. The molecule has 1 aromatic rings. The van der Waals surface area contributed by atoms with E-state index in [1.165, 1.54) is 4.88 Å². The SMILES string of the molecule is CC1CCC(=O)CC1c1ccc(Cl)s1. The van der Waals surface area contributed by atoms with Crippen molar-refractivity contribution in [3.8, 4) is 0 Å². The number of hydrogen-bond acceptors (Lipinski definition) is 2. The maximum atomic E-state index is 11.4. The summed E-state index contributed by atoms with van der Waals surface area (Å²) in [5.41, 5.74) is 0. The Morgan fingerprint density at radius 2 is 2.29 bits per heavy atom. The van der Waals surface area contributed by atoms with Crippen LogP contribution in [0.2, 0.25) is 4.34 Å². The standard InChI is InChI=1S/C11H13ClOS/c1-7-2-3-8(13)6-9(7)10-4-5-11(12)14-10/h4-5,7,9H,2-3,6H2,1H3. The minimum Gasteiger partial charge on any atom is -0.300 e. The fraction of sp³-hybridized carbons (Fsp3) is 0.545. The molecule has 0 radical (unpaired) electrons. The van der Waals surface area contributed by atoms with Gasteiger partial charge in [-0.2, -0.15) is 0 Å². The number of carbonyl (C=O) groups is 1. The van der Waals surface area contributed by atoms with Crippen molar-refractivity contribution in [3.05, 3.63) is 21.3 Å². The highest BCUT2D eigenvalue weighted by molar-refractivity contribution is 7.16. The topological polar surface area (TPSA) is 17.1 Å². The maximum Gasteiger partial charge on any atom is 0.133 e. The van der Waals surface area contributed by atoms with E-state index in [1.54, 1.807) is 11.3 Å². The molecular formula is C11H13ClOS. The Balaban J connectivity index is 2.19. The van der Waals surface area contributed by atoms with Crippen LogP contribution in [-0.2, 0) is 4.79 Å². The van der Waals surface area contributed by atoms with Crippen molar-refractivity contribution < 1.29 is 4.79 Å². The second-order valence-electron chi connectivity index (χ2n) is 4.01. The van der Waals surface area contributed by atoms with Gasteiger partial charge in [0, 0.05) is 23.6 Å². The molecule has 1 nitrogen and oxygen atoms in total. The predicted octanol–water partition coefficient (Wildman–Crippen LogP) is 3.87. The number of rotatable bonds is 1. The van der Waals surface area contributed by atoms with Crippen molar-refractivity contribution in [2.24, 2.45) is 5.92 Å². The Morgan fingerprint density at radius 1 is 1.50 bits per heavy atom. The lowest BCUT2D eigenvalue weighted by molar-refractivity contribution is -0.121. The van der Waals surface area contributed by atoms with Crippen LogP contribution in [0.3, 0.4) is 0 Å². The summed E-state index contributed by atoms with van der Waals surface area (Å²) in [5, 5.41) is 0. The van der Waals surface area contributed by atoms with E-state index in [0.717, 1.165) is 17.2 Å². The van der Waals surface area contributed by atoms with Crippen molar-refractivity contribution in [1.82, 2.24) is 0 Å². The Morgan fingerprint density at radius 3 is 2.93 bits per heavy atom. The molecule has 0 saturated heterocycles. The molecular weight excluding hydrogens is 216 g/mol. The molecule has 1 fully saturated rings.